The highest BCUT2D eigenvalue weighted by molar-refractivity contribution is 5.27. The Morgan fingerprint density at radius 3 is 2.63 bits per heavy atom. The Hall–Kier alpha value is -1.57. The molecule has 102 valence electrons. The fourth-order valence-corrected chi connectivity index (χ4v) is 2.22. The van der Waals surface area contributed by atoms with E-state index in [4.69, 9.17) is 15.1 Å². The highest BCUT2D eigenvalue weighted by Gasteiger charge is 2.41. The molecule has 0 atom stereocenters. The van der Waals surface area contributed by atoms with Crippen molar-refractivity contribution in [1.29, 1.82) is 5.26 Å². The van der Waals surface area contributed by atoms with Gasteiger partial charge in [-0.3, -0.25) is 0 Å². The standard InChI is InChI=1S/C15H20N2O2/c16-8-10-19-14-3-1-13(2-4-14)11-17-12-15(5-6-15)7-9-18/h1-4,17-18H,5-7,9-12H2. The third-order valence-corrected chi connectivity index (χ3v) is 3.66. The van der Waals surface area contributed by atoms with E-state index in [0.29, 0.717) is 5.41 Å². The fraction of sp³-hybridized carbons (Fsp3) is 0.533. The van der Waals surface area contributed by atoms with Gasteiger partial charge in [-0.1, -0.05) is 12.1 Å². The van der Waals surface area contributed by atoms with Gasteiger partial charge in [0.1, 0.15) is 11.8 Å². The molecule has 0 amide bonds. The first kappa shape index (κ1) is 13.9. The van der Waals surface area contributed by atoms with Gasteiger partial charge in [0.25, 0.3) is 0 Å². The first-order valence-electron chi connectivity index (χ1n) is 6.68. The largest absolute Gasteiger partial charge is 0.479 e. The molecule has 1 aromatic rings. The first-order chi connectivity index (χ1) is 9.28. The topological polar surface area (TPSA) is 65.3 Å². The van der Waals surface area contributed by atoms with E-state index < -0.39 is 0 Å². The molecule has 0 heterocycles. The van der Waals surface area contributed by atoms with Gasteiger partial charge in [0, 0.05) is 19.7 Å². The smallest absolute Gasteiger partial charge is 0.174 e. The van der Waals surface area contributed by atoms with Crippen molar-refractivity contribution in [3.8, 4) is 11.8 Å². The van der Waals surface area contributed by atoms with Crippen LogP contribution in [0.4, 0.5) is 0 Å². The van der Waals surface area contributed by atoms with Gasteiger partial charge in [-0.25, -0.2) is 0 Å². The number of nitrogens with zero attached hydrogens (tertiary/aromatic N) is 1. The maximum atomic E-state index is 9.00. The Morgan fingerprint density at radius 1 is 1.32 bits per heavy atom. The van der Waals surface area contributed by atoms with Crippen molar-refractivity contribution in [3.05, 3.63) is 29.8 Å². The van der Waals surface area contributed by atoms with E-state index in [1.54, 1.807) is 0 Å². The van der Waals surface area contributed by atoms with Crippen LogP contribution < -0.4 is 10.1 Å². The van der Waals surface area contributed by atoms with Crippen molar-refractivity contribution in [3.63, 3.8) is 0 Å². The van der Waals surface area contributed by atoms with Crippen LogP contribution in [-0.4, -0.2) is 24.9 Å². The molecule has 2 rings (SSSR count). The van der Waals surface area contributed by atoms with Gasteiger partial charge < -0.3 is 15.2 Å². The SMILES string of the molecule is N#CCOc1ccc(CNCC2(CCO)CC2)cc1. The average molecular weight is 260 g/mol. The minimum absolute atomic E-state index is 0.0846. The van der Waals surface area contributed by atoms with Crippen LogP contribution in [0.2, 0.25) is 0 Å². The number of nitrogens with one attached hydrogen (secondary N) is 1. The molecule has 0 bridgehead atoms. The van der Waals surface area contributed by atoms with E-state index in [0.717, 1.165) is 25.3 Å². The molecule has 4 heteroatoms. The van der Waals surface area contributed by atoms with E-state index in [1.807, 2.05) is 30.3 Å². The zero-order valence-corrected chi connectivity index (χ0v) is 11.1. The molecule has 19 heavy (non-hydrogen) atoms. The van der Waals surface area contributed by atoms with E-state index >= 15 is 0 Å². The van der Waals surface area contributed by atoms with Crippen molar-refractivity contribution in [1.82, 2.24) is 5.32 Å². The second-order valence-corrected chi connectivity index (χ2v) is 5.17. The molecule has 0 aromatic heterocycles. The number of rotatable bonds is 8. The van der Waals surface area contributed by atoms with Gasteiger partial charge in [0.05, 0.1) is 0 Å². The monoisotopic (exact) mass is 260 g/mol. The molecule has 0 spiro atoms. The van der Waals surface area contributed by atoms with Crippen LogP contribution in [0.5, 0.6) is 5.75 Å². The average Bonchev–Trinajstić information content (AvgIpc) is 3.18. The molecule has 1 aliphatic rings. The van der Waals surface area contributed by atoms with Gasteiger partial charge in [0.2, 0.25) is 0 Å². The van der Waals surface area contributed by atoms with Gasteiger partial charge >= 0.3 is 0 Å². The summed E-state index contributed by atoms with van der Waals surface area (Å²) in [5, 5.41) is 20.9. The third kappa shape index (κ3) is 4.23. The van der Waals surface area contributed by atoms with Crippen LogP contribution in [0.25, 0.3) is 0 Å². The molecule has 0 aliphatic heterocycles. The summed E-state index contributed by atoms with van der Waals surface area (Å²) in [5.74, 6) is 0.726. The molecular weight excluding hydrogens is 240 g/mol. The minimum atomic E-state index is 0.0846. The van der Waals surface area contributed by atoms with Crippen LogP contribution in [-0.2, 0) is 6.54 Å². The zero-order chi connectivity index (χ0) is 13.6. The number of nitriles is 1. The lowest BCUT2D eigenvalue weighted by molar-refractivity contribution is 0.245. The van der Waals surface area contributed by atoms with Crippen molar-refractivity contribution in [2.24, 2.45) is 5.41 Å². The molecule has 0 radical (unpaired) electrons. The van der Waals surface area contributed by atoms with Crippen LogP contribution >= 0.6 is 0 Å². The molecule has 1 aromatic carbocycles. The molecular formula is C15H20N2O2. The summed E-state index contributed by atoms with van der Waals surface area (Å²) in [6.45, 7) is 2.17. The number of benzene rings is 1. The summed E-state index contributed by atoms with van der Waals surface area (Å²) >= 11 is 0. The quantitative estimate of drug-likeness (QED) is 0.748. The lowest BCUT2D eigenvalue weighted by atomic mass is 10.0. The normalized spacial score (nSPS) is 15.8. The maximum Gasteiger partial charge on any atom is 0.174 e. The second kappa shape index (κ2) is 6.55. The molecule has 4 nitrogen and oxygen atoms in total. The number of aliphatic hydroxyl groups is 1. The molecule has 0 saturated heterocycles. The minimum Gasteiger partial charge on any atom is -0.479 e. The van der Waals surface area contributed by atoms with Crippen molar-refractivity contribution in [2.45, 2.75) is 25.8 Å². The van der Waals surface area contributed by atoms with E-state index in [-0.39, 0.29) is 13.2 Å². The number of hydrogen-bond donors (Lipinski definition) is 2. The van der Waals surface area contributed by atoms with E-state index in [9.17, 15) is 0 Å². The van der Waals surface area contributed by atoms with Gasteiger partial charge in [-0.2, -0.15) is 5.26 Å². The van der Waals surface area contributed by atoms with Gasteiger partial charge in [-0.15, -0.1) is 0 Å². The van der Waals surface area contributed by atoms with Crippen LogP contribution in [0.15, 0.2) is 24.3 Å². The van der Waals surface area contributed by atoms with E-state index in [1.165, 1.54) is 18.4 Å². The highest BCUT2D eigenvalue weighted by atomic mass is 16.5. The van der Waals surface area contributed by atoms with Crippen LogP contribution in [0.3, 0.4) is 0 Å². The van der Waals surface area contributed by atoms with E-state index in [2.05, 4.69) is 5.32 Å². The Morgan fingerprint density at radius 2 is 2.05 bits per heavy atom. The number of hydrogen-bond acceptors (Lipinski definition) is 4. The summed E-state index contributed by atoms with van der Waals surface area (Å²) in [6.07, 6.45) is 3.35. The van der Waals surface area contributed by atoms with Gasteiger partial charge in [-0.05, 0) is 42.4 Å². The zero-order valence-electron chi connectivity index (χ0n) is 11.1. The Balaban J connectivity index is 1.73. The lowest BCUT2D eigenvalue weighted by Crippen LogP contribution is -2.24. The molecule has 1 fully saturated rings. The van der Waals surface area contributed by atoms with Crippen molar-refractivity contribution >= 4 is 0 Å². The molecule has 1 saturated carbocycles. The Labute approximate surface area is 114 Å². The number of ether oxygens (including phenoxy) is 1. The second-order valence-electron chi connectivity index (χ2n) is 5.17. The summed E-state index contributed by atoms with van der Waals surface area (Å²) in [5.41, 5.74) is 1.55. The Bertz CT molecular complexity index is 432. The van der Waals surface area contributed by atoms with Crippen LogP contribution in [0, 0.1) is 16.7 Å². The van der Waals surface area contributed by atoms with Crippen LogP contribution in [0.1, 0.15) is 24.8 Å². The molecule has 2 N–H and O–H groups in total. The molecule has 0 unspecified atom stereocenters. The molecule has 1 aliphatic carbocycles. The lowest BCUT2D eigenvalue weighted by Gasteiger charge is -2.14. The number of aliphatic hydroxyl groups excluding tert-OH is 1. The predicted molar refractivity (Wildman–Crippen MR) is 72.6 cm³/mol. The Kier molecular flexibility index (Phi) is 4.78. The summed E-state index contributed by atoms with van der Waals surface area (Å²) in [7, 11) is 0. The first-order valence-corrected chi connectivity index (χ1v) is 6.68. The highest BCUT2D eigenvalue weighted by Crippen LogP contribution is 2.47. The third-order valence-electron chi connectivity index (χ3n) is 3.66. The fourth-order valence-electron chi connectivity index (χ4n) is 2.22. The summed E-state index contributed by atoms with van der Waals surface area (Å²) in [6, 6.07) is 9.72. The van der Waals surface area contributed by atoms with Gasteiger partial charge in [0.15, 0.2) is 6.61 Å². The maximum absolute atomic E-state index is 9.00. The summed E-state index contributed by atoms with van der Waals surface area (Å²) < 4.78 is 5.20. The summed E-state index contributed by atoms with van der Waals surface area (Å²) in [4.78, 5) is 0. The van der Waals surface area contributed by atoms with Crippen molar-refractivity contribution in [2.75, 3.05) is 19.8 Å². The predicted octanol–water partition coefficient (Wildman–Crippen LogP) is 1.84. The van der Waals surface area contributed by atoms with Crippen molar-refractivity contribution < 1.29 is 9.84 Å².